The van der Waals surface area contributed by atoms with E-state index < -0.39 is 0 Å². The van der Waals surface area contributed by atoms with E-state index in [1.54, 1.807) is 7.11 Å². The minimum absolute atomic E-state index is 0.161. The van der Waals surface area contributed by atoms with E-state index in [2.05, 4.69) is 42.7 Å². The van der Waals surface area contributed by atoms with Crippen LogP contribution < -0.4 is 10.5 Å². The van der Waals surface area contributed by atoms with E-state index in [0.717, 1.165) is 26.2 Å². The molecule has 0 atom stereocenters. The molecule has 0 radical (unpaired) electrons. The molecule has 2 rings (SSSR count). The molecule has 1 saturated heterocycles. The number of rotatable bonds is 3. The summed E-state index contributed by atoms with van der Waals surface area (Å²) in [7, 11) is 3.68. The molecule has 100 valence electrons. The van der Waals surface area contributed by atoms with Crippen molar-refractivity contribution in [1.29, 1.82) is 0 Å². The van der Waals surface area contributed by atoms with Crippen LogP contribution in [-0.2, 0) is 11.3 Å². The summed E-state index contributed by atoms with van der Waals surface area (Å²) in [6.45, 7) is 4.00. The number of methoxy groups -OCH3 is 1. The zero-order valence-electron chi connectivity index (χ0n) is 10.6. The number of halogens is 1. The average Bonchev–Trinajstić information content (AvgIpc) is 2.36. The van der Waals surface area contributed by atoms with Crippen LogP contribution in [0.5, 0.6) is 0 Å². The maximum atomic E-state index is 11.8. The van der Waals surface area contributed by atoms with Gasteiger partial charge in [-0.25, -0.2) is 4.98 Å². The largest absolute Gasteiger partial charge is 0.378 e. The molecule has 0 bridgehead atoms. The van der Waals surface area contributed by atoms with Crippen LogP contribution in [0, 0.1) is 0 Å². The van der Waals surface area contributed by atoms with Gasteiger partial charge in [-0.15, -0.1) is 0 Å². The van der Waals surface area contributed by atoms with Crippen LogP contribution in [-0.4, -0.2) is 55.2 Å². The van der Waals surface area contributed by atoms with Crippen LogP contribution in [0.4, 0.5) is 5.95 Å². The Morgan fingerprint density at radius 3 is 2.67 bits per heavy atom. The second-order valence-corrected chi connectivity index (χ2v) is 5.17. The number of piperazine rings is 1. The normalized spacial score (nSPS) is 17.2. The highest BCUT2D eigenvalue weighted by Gasteiger charge is 2.18. The molecule has 0 aliphatic carbocycles. The van der Waals surface area contributed by atoms with Gasteiger partial charge in [-0.3, -0.25) is 9.78 Å². The number of aromatic amines is 1. The van der Waals surface area contributed by atoms with Crippen molar-refractivity contribution in [3.8, 4) is 0 Å². The summed E-state index contributed by atoms with van der Waals surface area (Å²) >= 11 is 3.24. The Labute approximate surface area is 114 Å². The Bertz CT molecular complexity index is 469. The van der Waals surface area contributed by atoms with Gasteiger partial charge < -0.3 is 14.5 Å². The van der Waals surface area contributed by atoms with Crippen LogP contribution >= 0.6 is 15.9 Å². The quantitative estimate of drug-likeness (QED) is 0.876. The molecule has 18 heavy (non-hydrogen) atoms. The molecule has 0 amide bonds. The molecule has 1 aliphatic rings. The number of hydrogen-bond acceptors (Lipinski definition) is 5. The lowest BCUT2D eigenvalue weighted by atomic mass is 10.3. The maximum absolute atomic E-state index is 11.8. The summed E-state index contributed by atoms with van der Waals surface area (Å²) in [4.78, 5) is 23.4. The topological polar surface area (TPSA) is 61.5 Å². The molecular weight excluding hydrogens is 300 g/mol. The Hall–Kier alpha value is -0.920. The summed E-state index contributed by atoms with van der Waals surface area (Å²) in [5, 5.41) is 0. The first kappa shape index (κ1) is 13.5. The molecule has 6 nitrogen and oxygen atoms in total. The Kier molecular flexibility index (Phi) is 4.36. The van der Waals surface area contributed by atoms with E-state index in [-0.39, 0.29) is 5.56 Å². The Morgan fingerprint density at radius 1 is 1.39 bits per heavy atom. The number of nitrogens with zero attached hydrogens (tertiary/aromatic N) is 3. The highest BCUT2D eigenvalue weighted by molar-refractivity contribution is 9.10. The summed E-state index contributed by atoms with van der Waals surface area (Å²) in [5.41, 5.74) is 0.473. The first-order valence-electron chi connectivity index (χ1n) is 5.83. The number of hydrogen-bond donors (Lipinski definition) is 1. The molecule has 1 N–H and O–H groups in total. The van der Waals surface area contributed by atoms with Crippen molar-refractivity contribution in [2.24, 2.45) is 0 Å². The molecule has 7 heteroatoms. The van der Waals surface area contributed by atoms with Crippen LogP contribution in [0.3, 0.4) is 0 Å². The van der Waals surface area contributed by atoms with Crippen LogP contribution in [0.25, 0.3) is 0 Å². The molecule has 0 spiro atoms. The highest BCUT2D eigenvalue weighted by atomic mass is 79.9. The summed E-state index contributed by atoms with van der Waals surface area (Å²) in [5.74, 6) is 0.628. The lowest BCUT2D eigenvalue weighted by Crippen LogP contribution is -2.45. The number of H-pyrrole nitrogens is 1. The maximum Gasteiger partial charge on any atom is 0.266 e. The predicted molar refractivity (Wildman–Crippen MR) is 73.0 cm³/mol. The number of ether oxygens (including phenoxy) is 1. The Balaban J connectivity index is 2.25. The fourth-order valence-electron chi connectivity index (χ4n) is 1.89. The van der Waals surface area contributed by atoms with Gasteiger partial charge in [0.25, 0.3) is 5.56 Å². The summed E-state index contributed by atoms with van der Waals surface area (Å²) in [6.07, 6.45) is 0. The molecule has 0 aromatic carbocycles. The van der Waals surface area contributed by atoms with E-state index in [9.17, 15) is 4.79 Å². The van der Waals surface area contributed by atoms with Crippen molar-refractivity contribution < 1.29 is 4.74 Å². The first-order chi connectivity index (χ1) is 8.61. The third-order valence-corrected chi connectivity index (χ3v) is 3.82. The standard InChI is InChI=1S/C11H17BrN4O2/c1-15-3-5-16(6-4-15)11-13-8(7-18-2)9(12)10(17)14-11/h3-7H2,1-2H3,(H,13,14,17). The minimum atomic E-state index is -0.161. The second kappa shape index (κ2) is 5.81. The zero-order chi connectivity index (χ0) is 13.1. The van der Waals surface area contributed by atoms with Crippen molar-refractivity contribution in [1.82, 2.24) is 14.9 Å². The molecule has 1 aliphatic heterocycles. The third kappa shape index (κ3) is 2.90. The molecule has 2 heterocycles. The average molecular weight is 317 g/mol. The van der Waals surface area contributed by atoms with Crippen LogP contribution in [0.2, 0.25) is 0 Å². The molecular formula is C11H17BrN4O2. The number of anilines is 1. The van der Waals surface area contributed by atoms with Gasteiger partial charge in [0.15, 0.2) is 0 Å². The fraction of sp³-hybridized carbons (Fsp3) is 0.636. The fourth-order valence-corrected chi connectivity index (χ4v) is 2.19. The van der Waals surface area contributed by atoms with Crippen molar-refractivity contribution >= 4 is 21.9 Å². The van der Waals surface area contributed by atoms with Crippen molar-refractivity contribution in [2.75, 3.05) is 45.2 Å². The zero-order valence-corrected chi connectivity index (χ0v) is 12.2. The number of aromatic nitrogens is 2. The SMILES string of the molecule is COCc1nc(N2CCN(C)CC2)[nH]c(=O)c1Br. The molecule has 1 aromatic heterocycles. The van der Waals surface area contributed by atoms with Crippen LogP contribution in [0.15, 0.2) is 9.27 Å². The summed E-state index contributed by atoms with van der Waals surface area (Å²) in [6, 6.07) is 0. The van der Waals surface area contributed by atoms with E-state index >= 15 is 0 Å². The molecule has 1 aromatic rings. The Morgan fingerprint density at radius 2 is 2.06 bits per heavy atom. The van der Waals surface area contributed by atoms with Crippen LogP contribution in [0.1, 0.15) is 5.69 Å². The molecule has 0 unspecified atom stereocenters. The van der Waals surface area contributed by atoms with Gasteiger partial charge in [0.2, 0.25) is 5.95 Å². The molecule has 1 fully saturated rings. The van der Waals surface area contributed by atoms with Gasteiger partial charge in [-0.1, -0.05) is 0 Å². The van der Waals surface area contributed by atoms with Gasteiger partial charge in [0, 0.05) is 33.3 Å². The van der Waals surface area contributed by atoms with E-state index in [0.29, 0.717) is 22.7 Å². The van der Waals surface area contributed by atoms with E-state index in [4.69, 9.17) is 4.74 Å². The number of likely N-dealkylation sites (N-methyl/N-ethyl adjacent to an activating group) is 1. The minimum Gasteiger partial charge on any atom is -0.378 e. The van der Waals surface area contributed by atoms with Gasteiger partial charge in [-0.05, 0) is 23.0 Å². The molecule has 0 saturated carbocycles. The third-order valence-electron chi connectivity index (χ3n) is 3.00. The predicted octanol–water partition coefficient (Wildman–Crippen LogP) is 0.431. The lowest BCUT2D eigenvalue weighted by molar-refractivity contribution is 0.180. The monoisotopic (exact) mass is 316 g/mol. The van der Waals surface area contributed by atoms with Gasteiger partial charge in [0.1, 0.15) is 4.47 Å². The van der Waals surface area contributed by atoms with Gasteiger partial charge in [0.05, 0.1) is 12.3 Å². The van der Waals surface area contributed by atoms with Gasteiger partial charge >= 0.3 is 0 Å². The lowest BCUT2D eigenvalue weighted by Gasteiger charge is -2.32. The number of nitrogens with one attached hydrogen (secondary N) is 1. The van der Waals surface area contributed by atoms with Crippen molar-refractivity contribution in [3.05, 3.63) is 20.5 Å². The van der Waals surface area contributed by atoms with E-state index in [1.807, 2.05) is 0 Å². The smallest absolute Gasteiger partial charge is 0.266 e. The highest BCUT2D eigenvalue weighted by Crippen LogP contribution is 2.15. The second-order valence-electron chi connectivity index (χ2n) is 4.37. The van der Waals surface area contributed by atoms with Crippen molar-refractivity contribution in [3.63, 3.8) is 0 Å². The summed E-state index contributed by atoms with van der Waals surface area (Å²) < 4.78 is 5.50. The van der Waals surface area contributed by atoms with Gasteiger partial charge in [-0.2, -0.15) is 0 Å². The van der Waals surface area contributed by atoms with Crippen molar-refractivity contribution in [2.45, 2.75) is 6.61 Å². The first-order valence-corrected chi connectivity index (χ1v) is 6.62. The van der Waals surface area contributed by atoms with E-state index in [1.165, 1.54) is 0 Å².